The highest BCUT2D eigenvalue weighted by molar-refractivity contribution is 5.94. The normalized spacial score (nSPS) is 19.7. The molecule has 1 unspecified atom stereocenters. The highest BCUT2D eigenvalue weighted by Crippen LogP contribution is 2.14. The van der Waals surface area contributed by atoms with E-state index >= 15 is 0 Å². The maximum Gasteiger partial charge on any atom is 0.253 e. The van der Waals surface area contributed by atoms with E-state index in [0.717, 1.165) is 12.8 Å². The average Bonchev–Trinajstić information content (AvgIpc) is 2.77. The van der Waals surface area contributed by atoms with Crippen LogP contribution in [0.4, 0.5) is 5.69 Å². The molecule has 0 saturated carbocycles. The minimum atomic E-state index is -0.350. The third kappa shape index (κ3) is 2.30. The van der Waals surface area contributed by atoms with Crippen LogP contribution in [0.15, 0.2) is 23.1 Å². The van der Waals surface area contributed by atoms with Gasteiger partial charge in [0.25, 0.3) is 5.91 Å². The van der Waals surface area contributed by atoms with Gasteiger partial charge < -0.3 is 14.6 Å². The van der Waals surface area contributed by atoms with E-state index in [1.165, 1.54) is 10.6 Å². The quantitative estimate of drug-likeness (QED) is 0.792. The molecule has 1 aromatic heterocycles. The summed E-state index contributed by atoms with van der Waals surface area (Å²) < 4.78 is 6.68. The van der Waals surface area contributed by atoms with Gasteiger partial charge in [-0.3, -0.25) is 9.59 Å². The number of hydrogen-bond donors (Lipinski definition) is 1. The van der Waals surface area contributed by atoms with Crippen molar-refractivity contribution in [3.8, 4) is 0 Å². The van der Waals surface area contributed by atoms with E-state index in [2.05, 4.69) is 5.32 Å². The second-order valence-corrected chi connectivity index (χ2v) is 3.86. The Labute approximate surface area is 93.0 Å². The molecule has 1 atom stereocenters. The van der Waals surface area contributed by atoms with Crippen LogP contribution in [-0.2, 0) is 16.6 Å². The predicted octanol–water partition coefficient (Wildman–Crippen LogP) is 0.503. The zero-order chi connectivity index (χ0) is 11.5. The van der Waals surface area contributed by atoms with Crippen molar-refractivity contribution >= 4 is 11.6 Å². The van der Waals surface area contributed by atoms with E-state index in [1.807, 2.05) is 0 Å². The Morgan fingerprint density at radius 2 is 2.38 bits per heavy atom. The van der Waals surface area contributed by atoms with Gasteiger partial charge in [-0.15, -0.1) is 0 Å². The van der Waals surface area contributed by atoms with Crippen LogP contribution in [0.3, 0.4) is 0 Å². The van der Waals surface area contributed by atoms with Gasteiger partial charge in [-0.1, -0.05) is 0 Å². The molecular formula is C11H14N2O3. The molecule has 86 valence electrons. The smallest absolute Gasteiger partial charge is 0.253 e. The van der Waals surface area contributed by atoms with Gasteiger partial charge in [0.15, 0.2) is 0 Å². The van der Waals surface area contributed by atoms with E-state index in [0.29, 0.717) is 12.3 Å². The fourth-order valence-corrected chi connectivity index (χ4v) is 1.68. The summed E-state index contributed by atoms with van der Waals surface area (Å²) in [7, 11) is 1.64. The largest absolute Gasteiger partial charge is 0.368 e. The Bertz CT molecular complexity index is 447. The minimum absolute atomic E-state index is 0.102. The highest BCUT2D eigenvalue weighted by Gasteiger charge is 2.23. The Hall–Kier alpha value is -1.62. The van der Waals surface area contributed by atoms with Gasteiger partial charge in [-0.25, -0.2) is 0 Å². The molecule has 1 N–H and O–H groups in total. The highest BCUT2D eigenvalue weighted by atomic mass is 16.5. The van der Waals surface area contributed by atoms with Crippen LogP contribution in [0.25, 0.3) is 0 Å². The van der Waals surface area contributed by atoms with Crippen LogP contribution >= 0.6 is 0 Å². The lowest BCUT2D eigenvalue weighted by atomic mass is 10.2. The predicted molar refractivity (Wildman–Crippen MR) is 59.3 cm³/mol. The average molecular weight is 222 g/mol. The van der Waals surface area contributed by atoms with Crippen LogP contribution in [0.5, 0.6) is 0 Å². The van der Waals surface area contributed by atoms with Crippen LogP contribution in [0, 0.1) is 0 Å². The van der Waals surface area contributed by atoms with Gasteiger partial charge >= 0.3 is 0 Å². The van der Waals surface area contributed by atoms with E-state index in [4.69, 9.17) is 4.74 Å². The standard InChI is InChI=1S/C11H14N2O3/c1-13-7-8(4-5-10(13)14)12-11(15)9-3-2-6-16-9/h4-5,7,9H,2-3,6H2,1H3,(H,12,15). The molecule has 0 aromatic carbocycles. The fourth-order valence-electron chi connectivity index (χ4n) is 1.68. The number of hydrogen-bond acceptors (Lipinski definition) is 3. The molecule has 0 bridgehead atoms. The number of anilines is 1. The molecular weight excluding hydrogens is 208 g/mol. The molecule has 1 aliphatic heterocycles. The topological polar surface area (TPSA) is 60.3 Å². The number of amides is 1. The molecule has 5 heteroatoms. The van der Waals surface area contributed by atoms with Gasteiger partial charge in [0.2, 0.25) is 5.56 Å². The molecule has 1 amide bonds. The first-order valence-electron chi connectivity index (χ1n) is 5.26. The summed E-state index contributed by atoms with van der Waals surface area (Å²) in [6, 6.07) is 3.01. The van der Waals surface area contributed by atoms with Crippen molar-refractivity contribution in [3.05, 3.63) is 28.7 Å². The first-order chi connectivity index (χ1) is 7.66. The zero-order valence-corrected chi connectivity index (χ0v) is 9.10. The number of carbonyl (C=O) groups is 1. The van der Waals surface area contributed by atoms with E-state index < -0.39 is 0 Å². The molecule has 0 spiro atoms. The fraction of sp³-hybridized carbons (Fsp3) is 0.455. The Kier molecular flexibility index (Phi) is 3.05. The maximum absolute atomic E-state index is 11.7. The second kappa shape index (κ2) is 4.49. The number of carbonyl (C=O) groups excluding carboxylic acids is 1. The summed E-state index contributed by atoms with van der Waals surface area (Å²) in [5, 5.41) is 2.73. The molecule has 2 heterocycles. The van der Waals surface area contributed by atoms with Gasteiger partial charge in [0.05, 0.1) is 5.69 Å². The number of ether oxygens (including phenoxy) is 1. The number of aryl methyl sites for hydroxylation is 1. The number of aromatic nitrogens is 1. The summed E-state index contributed by atoms with van der Waals surface area (Å²) in [6.07, 6.45) is 2.93. The molecule has 1 fully saturated rings. The summed E-state index contributed by atoms with van der Waals surface area (Å²) in [5.41, 5.74) is 0.512. The number of nitrogens with one attached hydrogen (secondary N) is 1. The van der Waals surface area contributed by atoms with E-state index in [1.54, 1.807) is 19.3 Å². The monoisotopic (exact) mass is 222 g/mol. The van der Waals surface area contributed by atoms with Crippen molar-refractivity contribution in [3.63, 3.8) is 0 Å². The van der Waals surface area contributed by atoms with Gasteiger partial charge in [-0.05, 0) is 18.9 Å². The summed E-state index contributed by atoms with van der Waals surface area (Å²) >= 11 is 0. The third-order valence-electron chi connectivity index (χ3n) is 2.58. The molecule has 1 aliphatic rings. The number of nitrogens with zero attached hydrogens (tertiary/aromatic N) is 1. The maximum atomic E-state index is 11.7. The van der Waals surface area contributed by atoms with Crippen molar-refractivity contribution in [2.75, 3.05) is 11.9 Å². The van der Waals surface area contributed by atoms with Crippen LogP contribution in [0.1, 0.15) is 12.8 Å². The van der Waals surface area contributed by atoms with Crippen LogP contribution < -0.4 is 10.9 Å². The summed E-state index contributed by atoms with van der Waals surface area (Å²) in [4.78, 5) is 22.8. The van der Waals surface area contributed by atoms with Crippen molar-refractivity contribution in [1.82, 2.24) is 4.57 Å². The lowest BCUT2D eigenvalue weighted by molar-refractivity contribution is -0.124. The molecule has 1 aromatic rings. The molecule has 0 radical (unpaired) electrons. The molecule has 2 rings (SSSR count). The SMILES string of the molecule is Cn1cc(NC(=O)C2CCCO2)ccc1=O. The lowest BCUT2D eigenvalue weighted by Crippen LogP contribution is -2.27. The van der Waals surface area contributed by atoms with Crippen molar-refractivity contribution < 1.29 is 9.53 Å². The Morgan fingerprint density at radius 1 is 1.56 bits per heavy atom. The van der Waals surface area contributed by atoms with E-state index in [-0.39, 0.29) is 17.6 Å². The van der Waals surface area contributed by atoms with Crippen LogP contribution in [0.2, 0.25) is 0 Å². The number of pyridine rings is 1. The van der Waals surface area contributed by atoms with Crippen LogP contribution in [-0.4, -0.2) is 23.2 Å². The molecule has 5 nitrogen and oxygen atoms in total. The van der Waals surface area contributed by atoms with Gasteiger partial charge in [0.1, 0.15) is 6.10 Å². The first-order valence-corrected chi connectivity index (χ1v) is 5.26. The second-order valence-electron chi connectivity index (χ2n) is 3.86. The molecule has 1 saturated heterocycles. The van der Waals surface area contributed by atoms with E-state index in [9.17, 15) is 9.59 Å². The summed E-state index contributed by atoms with van der Waals surface area (Å²) in [5.74, 6) is -0.142. The molecule has 16 heavy (non-hydrogen) atoms. The van der Waals surface area contributed by atoms with Gasteiger partial charge in [-0.2, -0.15) is 0 Å². The Morgan fingerprint density at radius 3 is 3.00 bits per heavy atom. The zero-order valence-electron chi connectivity index (χ0n) is 9.10. The van der Waals surface area contributed by atoms with Gasteiger partial charge in [0, 0.05) is 25.9 Å². The molecule has 0 aliphatic carbocycles. The Balaban J connectivity index is 2.05. The lowest BCUT2D eigenvalue weighted by Gasteiger charge is -2.10. The minimum Gasteiger partial charge on any atom is -0.368 e. The number of rotatable bonds is 2. The van der Waals surface area contributed by atoms with Crippen molar-refractivity contribution in [2.45, 2.75) is 18.9 Å². The van der Waals surface area contributed by atoms with Crippen molar-refractivity contribution in [2.24, 2.45) is 7.05 Å². The first kappa shape index (κ1) is 10.9. The summed E-state index contributed by atoms with van der Waals surface area (Å²) in [6.45, 7) is 0.644. The van der Waals surface area contributed by atoms with Crippen molar-refractivity contribution in [1.29, 1.82) is 0 Å². The third-order valence-corrected chi connectivity index (χ3v) is 2.58.